The maximum absolute atomic E-state index is 11.2. The molecule has 5 heteroatoms. The molecule has 0 spiro atoms. The van der Waals surface area contributed by atoms with Crippen molar-refractivity contribution in [2.45, 2.75) is 0 Å². The molecule has 0 amide bonds. The standard InChI is InChI=1S/C10H9NO4/c1-3-7-4-5-8(10(12)15-2)9(6-7)11(13)14/h3-6H,1H2,2H3. The summed E-state index contributed by atoms with van der Waals surface area (Å²) in [6.45, 7) is 3.49. The Morgan fingerprint density at radius 2 is 2.27 bits per heavy atom. The van der Waals surface area contributed by atoms with Gasteiger partial charge >= 0.3 is 5.97 Å². The Morgan fingerprint density at radius 3 is 2.73 bits per heavy atom. The number of nitro groups is 1. The van der Waals surface area contributed by atoms with Gasteiger partial charge in [0.1, 0.15) is 5.56 Å². The summed E-state index contributed by atoms with van der Waals surface area (Å²) in [7, 11) is 1.17. The van der Waals surface area contributed by atoms with Crippen molar-refractivity contribution in [3.05, 3.63) is 46.0 Å². The molecule has 5 nitrogen and oxygen atoms in total. The molecule has 0 N–H and O–H groups in total. The molecule has 0 atom stereocenters. The Morgan fingerprint density at radius 1 is 1.60 bits per heavy atom. The molecular weight excluding hydrogens is 198 g/mol. The molecule has 0 saturated heterocycles. The summed E-state index contributed by atoms with van der Waals surface area (Å²) in [5, 5.41) is 10.7. The second kappa shape index (κ2) is 4.36. The minimum absolute atomic E-state index is 0.0619. The molecule has 0 bridgehead atoms. The van der Waals surface area contributed by atoms with Crippen molar-refractivity contribution in [1.29, 1.82) is 0 Å². The number of methoxy groups -OCH3 is 1. The third-order valence-corrected chi connectivity index (χ3v) is 1.86. The number of nitrogens with zero attached hydrogens (tertiary/aromatic N) is 1. The molecule has 0 aliphatic rings. The van der Waals surface area contributed by atoms with Crippen LogP contribution in [0.5, 0.6) is 0 Å². The van der Waals surface area contributed by atoms with Gasteiger partial charge < -0.3 is 4.74 Å². The predicted molar refractivity (Wildman–Crippen MR) is 54.5 cm³/mol. The van der Waals surface area contributed by atoms with Crippen LogP contribution in [0.4, 0.5) is 5.69 Å². The van der Waals surface area contributed by atoms with E-state index >= 15 is 0 Å². The summed E-state index contributed by atoms with van der Waals surface area (Å²) in [4.78, 5) is 21.2. The summed E-state index contributed by atoms with van der Waals surface area (Å²) in [5.74, 6) is -0.725. The lowest BCUT2D eigenvalue weighted by Crippen LogP contribution is -2.05. The Balaban J connectivity index is 3.33. The van der Waals surface area contributed by atoms with Gasteiger partial charge in [0.05, 0.1) is 12.0 Å². The lowest BCUT2D eigenvalue weighted by atomic mass is 10.1. The van der Waals surface area contributed by atoms with Gasteiger partial charge in [-0.1, -0.05) is 18.7 Å². The normalized spacial score (nSPS) is 9.40. The third-order valence-electron chi connectivity index (χ3n) is 1.86. The highest BCUT2D eigenvalue weighted by Gasteiger charge is 2.20. The van der Waals surface area contributed by atoms with Gasteiger partial charge in [-0.15, -0.1) is 0 Å². The van der Waals surface area contributed by atoms with E-state index in [1.165, 1.54) is 25.3 Å². The Kier molecular flexibility index (Phi) is 3.17. The van der Waals surface area contributed by atoms with Gasteiger partial charge in [-0.05, 0) is 11.6 Å². The average molecular weight is 207 g/mol. The van der Waals surface area contributed by atoms with Crippen molar-refractivity contribution < 1.29 is 14.5 Å². The van der Waals surface area contributed by atoms with Crippen LogP contribution >= 0.6 is 0 Å². The summed E-state index contributed by atoms with van der Waals surface area (Å²) >= 11 is 0. The highest BCUT2D eigenvalue weighted by Crippen LogP contribution is 2.21. The van der Waals surface area contributed by atoms with Crippen LogP contribution in [0.2, 0.25) is 0 Å². The quantitative estimate of drug-likeness (QED) is 0.432. The second-order valence-electron chi connectivity index (χ2n) is 2.73. The number of hydrogen-bond donors (Lipinski definition) is 0. The number of esters is 1. The van der Waals surface area contributed by atoms with Crippen molar-refractivity contribution >= 4 is 17.7 Å². The van der Waals surface area contributed by atoms with Crippen LogP contribution in [-0.2, 0) is 4.74 Å². The lowest BCUT2D eigenvalue weighted by Gasteiger charge is -2.01. The van der Waals surface area contributed by atoms with Crippen molar-refractivity contribution in [3.63, 3.8) is 0 Å². The number of rotatable bonds is 3. The van der Waals surface area contributed by atoms with Crippen LogP contribution in [0.15, 0.2) is 24.8 Å². The molecular formula is C10H9NO4. The number of carbonyl (C=O) groups is 1. The van der Waals surface area contributed by atoms with Crippen molar-refractivity contribution in [2.24, 2.45) is 0 Å². The van der Waals surface area contributed by atoms with Gasteiger partial charge in [0.15, 0.2) is 0 Å². The highest BCUT2D eigenvalue weighted by molar-refractivity contribution is 5.94. The van der Waals surface area contributed by atoms with Gasteiger partial charge in [-0.2, -0.15) is 0 Å². The Bertz CT molecular complexity index is 425. The van der Waals surface area contributed by atoms with Crippen molar-refractivity contribution in [2.75, 3.05) is 7.11 Å². The van der Waals surface area contributed by atoms with E-state index < -0.39 is 10.9 Å². The number of nitro benzene ring substituents is 1. The SMILES string of the molecule is C=Cc1ccc(C(=O)OC)c([N+](=O)[O-])c1. The molecule has 1 rings (SSSR count). The van der Waals surface area contributed by atoms with Gasteiger partial charge in [0.2, 0.25) is 0 Å². The Labute approximate surface area is 86.1 Å². The van der Waals surface area contributed by atoms with Gasteiger partial charge in [-0.25, -0.2) is 4.79 Å². The number of benzene rings is 1. The van der Waals surface area contributed by atoms with E-state index in [1.807, 2.05) is 0 Å². The smallest absolute Gasteiger partial charge is 0.344 e. The number of carbonyl (C=O) groups excluding carboxylic acids is 1. The largest absolute Gasteiger partial charge is 0.465 e. The van der Waals surface area contributed by atoms with E-state index in [-0.39, 0.29) is 11.3 Å². The van der Waals surface area contributed by atoms with E-state index in [0.717, 1.165) is 0 Å². The summed E-state index contributed by atoms with van der Waals surface area (Å²) in [6, 6.07) is 4.19. The summed E-state index contributed by atoms with van der Waals surface area (Å²) in [6.07, 6.45) is 1.47. The number of hydrogen-bond acceptors (Lipinski definition) is 4. The fourth-order valence-electron chi connectivity index (χ4n) is 1.11. The van der Waals surface area contributed by atoms with Gasteiger partial charge in [-0.3, -0.25) is 10.1 Å². The molecule has 0 aromatic heterocycles. The maximum Gasteiger partial charge on any atom is 0.344 e. The van der Waals surface area contributed by atoms with Gasteiger partial charge in [0, 0.05) is 6.07 Å². The van der Waals surface area contributed by atoms with E-state index in [9.17, 15) is 14.9 Å². The minimum Gasteiger partial charge on any atom is -0.465 e. The topological polar surface area (TPSA) is 69.4 Å². The van der Waals surface area contributed by atoms with Crippen LogP contribution in [0.1, 0.15) is 15.9 Å². The molecule has 0 fully saturated rings. The molecule has 0 unspecified atom stereocenters. The Hall–Kier alpha value is -2.17. The monoisotopic (exact) mass is 207 g/mol. The molecule has 78 valence electrons. The first-order valence-corrected chi connectivity index (χ1v) is 4.09. The van der Waals surface area contributed by atoms with Crippen LogP contribution in [-0.4, -0.2) is 18.0 Å². The molecule has 0 radical (unpaired) electrons. The maximum atomic E-state index is 11.2. The fraction of sp³-hybridized carbons (Fsp3) is 0.100. The third kappa shape index (κ3) is 2.19. The van der Waals surface area contributed by atoms with E-state index in [4.69, 9.17) is 0 Å². The van der Waals surface area contributed by atoms with Crippen molar-refractivity contribution in [1.82, 2.24) is 0 Å². The zero-order chi connectivity index (χ0) is 11.4. The summed E-state index contributed by atoms with van der Waals surface area (Å²) < 4.78 is 4.43. The van der Waals surface area contributed by atoms with Gasteiger partial charge in [0.25, 0.3) is 5.69 Å². The average Bonchev–Trinajstić information content (AvgIpc) is 2.27. The highest BCUT2D eigenvalue weighted by atomic mass is 16.6. The molecule has 1 aromatic carbocycles. The zero-order valence-electron chi connectivity index (χ0n) is 8.10. The predicted octanol–water partition coefficient (Wildman–Crippen LogP) is 2.02. The molecule has 1 aromatic rings. The molecule has 0 saturated carbocycles. The molecule has 15 heavy (non-hydrogen) atoms. The van der Waals surface area contributed by atoms with E-state index in [0.29, 0.717) is 5.56 Å². The molecule has 0 aliphatic carbocycles. The van der Waals surface area contributed by atoms with Crippen molar-refractivity contribution in [3.8, 4) is 0 Å². The minimum atomic E-state index is -0.725. The first-order chi connectivity index (χ1) is 7.10. The molecule has 0 aliphatic heterocycles. The van der Waals surface area contributed by atoms with Crippen LogP contribution in [0.25, 0.3) is 6.08 Å². The summed E-state index contributed by atoms with van der Waals surface area (Å²) in [5.41, 5.74) is 0.238. The van der Waals surface area contributed by atoms with Crippen LogP contribution < -0.4 is 0 Å². The first-order valence-electron chi connectivity index (χ1n) is 4.09. The lowest BCUT2D eigenvalue weighted by molar-refractivity contribution is -0.385. The first kappa shape index (κ1) is 10.9. The zero-order valence-corrected chi connectivity index (χ0v) is 8.10. The van der Waals surface area contributed by atoms with Crippen LogP contribution in [0, 0.1) is 10.1 Å². The van der Waals surface area contributed by atoms with E-state index in [2.05, 4.69) is 11.3 Å². The number of ether oxygens (including phenoxy) is 1. The molecule has 0 heterocycles. The van der Waals surface area contributed by atoms with E-state index in [1.54, 1.807) is 6.07 Å². The fourth-order valence-corrected chi connectivity index (χ4v) is 1.11. The van der Waals surface area contributed by atoms with Crippen LogP contribution in [0.3, 0.4) is 0 Å². The second-order valence-corrected chi connectivity index (χ2v) is 2.73.